The van der Waals surface area contributed by atoms with E-state index in [-0.39, 0.29) is 87.5 Å². The molecule has 2 saturated heterocycles. The molecule has 0 aromatic heterocycles. The topological polar surface area (TPSA) is 179 Å². The second-order valence-corrected chi connectivity index (χ2v) is 10.8. The van der Waals surface area contributed by atoms with Crippen LogP contribution >= 0.6 is 0 Å². The molecule has 2 fully saturated rings. The number of benzene rings is 4. The van der Waals surface area contributed by atoms with Crippen LogP contribution in [-0.4, -0.2) is 50.3 Å². The van der Waals surface area contributed by atoms with Crippen LogP contribution < -0.4 is 20.4 Å². The van der Waals surface area contributed by atoms with Gasteiger partial charge in [0.15, 0.2) is 0 Å². The molecule has 0 N–H and O–H groups in total. The normalized spacial score (nSPS) is 11.9. The molecule has 328 valence electrons. The van der Waals surface area contributed by atoms with Gasteiger partial charge in [0.05, 0.1) is 46.1 Å². The summed E-state index contributed by atoms with van der Waals surface area (Å²) in [6.07, 6.45) is 5.11. The average molecular weight is 1050 g/mol. The van der Waals surface area contributed by atoms with E-state index in [9.17, 15) is 92.3 Å². The molecule has 0 unspecified atom stereocenters. The van der Waals surface area contributed by atoms with E-state index in [0.29, 0.717) is 0 Å². The summed E-state index contributed by atoms with van der Waals surface area (Å²) in [5.74, 6) is -24.6. The molecule has 10 nitrogen and oxygen atoms in total. The molecule has 4 aromatic carbocycles. The van der Waals surface area contributed by atoms with Gasteiger partial charge >= 0.3 is 39.0 Å². The SMILES string of the molecule is C1CCOC1.C1CCOC1.O=C([O-])c1c(F)cc(F)cc1F.O=C([O-])c1c(F)cc(F)cc1F.O=C([O-])c1c(F)cc(F)cc1F.O=C([O-])c1c(F)cc(F)cc1F.[Ru+2].[Ru+2]. The molecule has 0 radical (unpaired) electrons. The Labute approximate surface area is 356 Å². The molecule has 4 aromatic rings. The van der Waals surface area contributed by atoms with Crippen molar-refractivity contribution in [2.45, 2.75) is 25.7 Å². The van der Waals surface area contributed by atoms with Crippen molar-refractivity contribution < 1.29 is 141 Å². The van der Waals surface area contributed by atoms with Crippen molar-refractivity contribution in [3.05, 3.63) is 141 Å². The molecular formula is C36H24F12O10Ru2. The van der Waals surface area contributed by atoms with Gasteiger partial charge in [-0.25, -0.2) is 52.7 Å². The summed E-state index contributed by atoms with van der Waals surface area (Å²) in [5.41, 5.74) is -5.01. The molecule has 0 saturated carbocycles. The molecule has 0 aliphatic carbocycles. The standard InChI is InChI=1S/4C7H3F3O2.2C4H8O.2Ru/c4*8-3-1-4(9)6(7(11)12)5(10)2-3;2*1-2-4-5-3-1;;/h4*1-2H,(H,11,12);2*1-4H2;;/q;;;;;;2*+2/p-4. The zero-order valence-corrected chi connectivity index (χ0v) is 33.1. The van der Waals surface area contributed by atoms with Gasteiger partial charge < -0.3 is 49.1 Å². The quantitative estimate of drug-likeness (QED) is 0.217. The zero-order chi connectivity index (χ0) is 44.3. The number of rotatable bonds is 4. The fourth-order valence-electron chi connectivity index (χ4n) is 3.97. The first-order chi connectivity index (χ1) is 27.1. The van der Waals surface area contributed by atoms with Gasteiger partial charge in [-0.05, 0) is 25.7 Å². The third-order valence-electron chi connectivity index (χ3n) is 6.50. The predicted octanol–water partition coefficient (Wildman–Crippen LogP) is 3.46. The number of carbonyl (C=O) groups is 4. The fourth-order valence-corrected chi connectivity index (χ4v) is 3.97. The summed E-state index contributed by atoms with van der Waals surface area (Å²) in [4.78, 5) is 40.2. The van der Waals surface area contributed by atoms with Crippen LogP contribution in [0.2, 0.25) is 0 Å². The minimum absolute atomic E-state index is 0. The number of hydrogen-bond donors (Lipinski definition) is 0. The van der Waals surface area contributed by atoms with Gasteiger partial charge in [-0.2, -0.15) is 0 Å². The summed E-state index contributed by atoms with van der Waals surface area (Å²) in [6, 6.07) is 2.18. The summed E-state index contributed by atoms with van der Waals surface area (Å²) < 4.78 is 158. The van der Waals surface area contributed by atoms with Crippen molar-refractivity contribution in [2.75, 3.05) is 26.4 Å². The molecule has 6 rings (SSSR count). The van der Waals surface area contributed by atoms with E-state index >= 15 is 0 Å². The maximum absolute atomic E-state index is 12.5. The van der Waals surface area contributed by atoms with Crippen LogP contribution in [0, 0.1) is 69.8 Å². The summed E-state index contributed by atoms with van der Waals surface area (Å²) in [6.45, 7) is 4.00. The van der Waals surface area contributed by atoms with Gasteiger partial charge in [-0.1, -0.05) is 0 Å². The zero-order valence-electron chi connectivity index (χ0n) is 29.6. The second-order valence-electron chi connectivity index (χ2n) is 10.8. The molecule has 24 heteroatoms. The molecule has 0 bridgehead atoms. The van der Waals surface area contributed by atoms with Crippen molar-refractivity contribution in [1.82, 2.24) is 0 Å². The van der Waals surface area contributed by atoms with Crippen LogP contribution in [0.1, 0.15) is 67.1 Å². The second kappa shape index (κ2) is 28.5. The van der Waals surface area contributed by atoms with Crippen LogP contribution in [0.4, 0.5) is 52.7 Å². The van der Waals surface area contributed by atoms with Crippen molar-refractivity contribution in [3.8, 4) is 0 Å². The fraction of sp³-hybridized carbons (Fsp3) is 0.222. The summed E-state index contributed by atoms with van der Waals surface area (Å²) >= 11 is 0. The number of aromatic carboxylic acids is 4. The maximum atomic E-state index is 12.5. The number of hydrogen-bond acceptors (Lipinski definition) is 10. The molecule has 2 heterocycles. The predicted molar refractivity (Wildman–Crippen MR) is 163 cm³/mol. The Morgan fingerprint density at radius 2 is 0.467 bits per heavy atom. The van der Waals surface area contributed by atoms with E-state index in [0.717, 1.165) is 26.4 Å². The number of carboxylic acid groups (broad SMARTS) is 4. The largest absolute Gasteiger partial charge is 2.00 e. The molecule has 60 heavy (non-hydrogen) atoms. The van der Waals surface area contributed by atoms with Gasteiger partial charge in [0.2, 0.25) is 0 Å². The van der Waals surface area contributed by atoms with Crippen LogP contribution in [0.3, 0.4) is 0 Å². The molecule has 2 aliphatic rings. The van der Waals surface area contributed by atoms with Gasteiger partial charge in [-0.15, -0.1) is 0 Å². The minimum Gasteiger partial charge on any atom is -0.545 e. The molecular weight excluding hydrogens is 1020 g/mol. The number of ether oxygens (including phenoxy) is 2. The minimum atomic E-state index is -2.01. The first-order valence-corrected chi connectivity index (χ1v) is 15.7. The molecule has 0 spiro atoms. The Morgan fingerprint density at radius 1 is 0.333 bits per heavy atom. The number of carbonyl (C=O) groups excluding carboxylic acids is 4. The Bertz CT molecular complexity index is 1680. The van der Waals surface area contributed by atoms with Crippen molar-refractivity contribution in [2.24, 2.45) is 0 Å². The van der Waals surface area contributed by atoms with Crippen LogP contribution in [0.15, 0.2) is 48.5 Å². The number of halogens is 12. The van der Waals surface area contributed by atoms with Crippen LogP contribution in [0.5, 0.6) is 0 Å². The van der Waals surface area contributed by atoms with Crippen molar-refractivity contribution in [1.29, 1.82) is 0 Å². The Morgan fingerprint density at radius 3 is 0.550 bits per heavy atom. The van der Waals surface area contributed by atoms with Gasteiger partial charge in [0.1, 0.15) is 69.8 Å². The Hall–Kier alpha value is -4.91. The number of carboxylic acids is 4. The smallest absolute Gasteiger partial charge is 0.545 e. The van der Waals surface area contributed by atoms with Crippen molar-refractivity contribution in [3.63, 3.8) is 0 Å². The van der Waals surface area contributed by atoms with E-state index in [1.807, 2.05) is 0 Å². The van der Waals surface area contributed by atoms with Crippen LogP contribution in [-0.2, 0) is 48.4 Å². The maximum Gasteiger partial charge on any atom is 2.00 e. The first kappa shape index (κ1) is 57.2. The molecule has 2 aliphatic heterocycles. The summed E-state index contributed by atoms with van der Waals surface area (Å²) in [5, 5.41) is 40.2. The molecule has 0 amide bonds. The monoisotopic (exact) mass is 1050 g/mol. The Balaban J connectivity index is 0. The third kappa shape index (κ3) is 19.9. The van der Waals surface area contributed by atoms with Crippen molar-refractivity contribution >= 4 is 23.9 Å². The summed E-state index contributed by atoms with van der Waals surface area (Å²) in [7, 11) is 0. The van der Waals surface area contributed by atoms with Gasteiger partial charge in [0, 0.05) is 75.0 Å². The van der Waals surface area contributed by atoms with Gasteiger partial charge in [0.25, 0.3) is 0 Å². The van der Waals surface area contributed by atoms with E-state index in [1.165, 1.54) is 25.7 Å². The van der Waals surface area contributed by atoms with E-state index in [4.69, 9.17) is 9.47 Å². The van der Waals surface area contributed by atoms with Crippen LogP contribution in [0.25, 0.3) is 0 Å². The first-order valence-electron chi connectivity index (χ1n) is 15.7. The van der Waals surface area contributed by atoms with E-state index < -0.39 is 116 Å². The third-order valence-corrected chi connectivity index (χ3v) is 6.50. The van der Waals surface area contributed by atoms with Gasteiger partial charge in [-0.3, -0.25) is 0 Å². The molecule has 0 atom stereocenters. The van der Waals surface area contributed by atoms with E-state index in [1.54, 1.807) is 0 Å². The van der Waals surface area contributed by atoms with E-state index in [2.05, 4.69) is 0 Å². The Kier molecular flexibility index (Phi) is 27.2. The average Bonchev–Trinajstić information content (AvgIpc) is 3.84.